The van der Waals surface area contributed by atoms with Crippen LogP contribution in [0.4, 0.5) is 11.4 Å². The van der Waals surface area contributed by atoms with Gasteiger partial charge in [0.15, 0.2) is 9.43 Å². The van der Waals surface area contributed by atoms with E-state index in [4.69, 9.17) is 4.42 Å². The number of carbonyl (C=O) groups excluding carboxylic acids is 2. The molecule has 8 heteroatoms. The number of carbonyl (C=O) groups is 2. The Hall–Kier alpha value is -4.53. The van der Waals surface area contributed by atoms with Crippen molar-refractivity contribution < 1.29 is 14.0 Å². The summed E-state index contributed by atoms with van der Waals surface area (Å²) in [6.45, 7) is 0. The highest BCUT2D eigenvalue weighted by Gasteiger charge is 2.36. The van der Waals surface area contributed by atoms with Crippen LogP contribution in [0, 0.1) is 0 Å². The second-order valence-electron chi connectivity index (χ2n) is 8.67. The van der Waals surface area contributed by atoms with Crippen LogP contribution in [0.25, 0.3) is 21.0 Å². The van der Waals surface area contributed by atoms with Gasteiger partial charge in [0, 0.05) is 0 Å². The fourth-order valence-electron chi connectivity index (χ4n) is 4.44. The van der Waals surface area contributed by atoms with Crippen molar-refractivity contribution in [3.63, 3.8) is 0 Å². The normalized spacial score (nSPS) is 13.3. The smallest absolute Gasteiger partial charge is 0.266 e. The average molecular weight is 532 g/mol. The van der Waals surface area contributed by atoms with Crippen LogP contribution in [0.5, 0.6) is 0 Å². The maximum absolute atomic E-state index is 12.9. The molecule has 4 aromatic carbocycles. The van der Waals surface area contributed by atoms with E-state index in [9.17, 15) is 9.59 Å². The first-order chi connectivity index (χ1) is 18.6. The number of amides is 2. The van der Waals surface area contributed by atoms with Crippen molar-refractivity contribution in [2.24, 2.45) is 4.99 Å². The van der Waals surface area contributed by atoms with Gasteiger partial charge in [-0.3, -0.25) is 14.6 Å². The van der Waals surface area contributed by atoms with Crippen molar-refractivity contribution in [1.29, 1.82) is 0 Å². The maximum Gasteiger partial charge on any atom is 0.266 e. The van der Waals surface area contributed by atoms with Crippen LogP contribution in [0.1, 0.15) is 26.5 Å². The summed E-state index contributed by atoms with van der Waals surface area (Å²) in [6.07, 6.45) is 1.71. The molecule has 3 heterocycles. The minimum Gasteiger partial charge on any atom is -0.448 e. The van der Waals surface area contributed by atoms with Gasteiger partial charge in [-0.25, -0.2) is 9.88 Å². The van der Waals surface area contributed by atoms with Crippen molar-refractivity contribution in [3.05, 3.63) is 114 Å². The average Bonchev–Trinajstić information content (AvgIpc) is 3.63. The highest BCUT2D eigenvalue weighted by Crippen LogP contribution is 2.38. The van der Waals surface area contributed by atoms with Gasteiger partial charge in [-0.15, -0.1) is 11.3 Å². The van der Waals surface area contributed by atoms with Gasteiger partial charge in [-0.2, -0.15) is 0 Å². The Labute approximate surface area is 225 Å². The van der Waals surface area contributed by atoms with Crippen molar-refractivity contribution in [3.8, 4) is 0 Å². The summed E-state index contributed by atoms with van der Waals surface area (Å²) in [5, 5.41) is 3.01. The van der Waals surface area contributed by atoms with E-state index in [1.807, 2.05) is 48.5 Å². The summed E-state index contributed by atoms with van der Waals surface area (Å²) in [7, 11) is 0. The predicted octanol–water partition coefficient (Wildman–Crippen LogP) is 7.74. The lowest BCUT2D eigenvalue weighted by Crippen LogP contribution is -2.29. The molecule has 0 fully saturated rings. The number of hydrogen-bond donors (Lipinski definition) is 0. The van der Waals surface area contributed by atoms with Crippen LogP contribution in [-0.4, -0.2) is 23.0 Å². The highest BCUT2D eigenvalue weighted by molar-refractivity contribution is 8.01. The van der Waals surface area contributed by atoms with E-state index in [1.165, 1.54) is 33.4 Å². The minimum atomic E-state index is -0.308. The third-order valence-electron chi connectivity index (χ3n) is 6.27. The molecule has 6 nitrogen and oxygen atoms in total. The van der Waals surface area contributed by atoms with E-state index in [2.05, 4.69) is 28.2 Å². The number of nitrogens with zero attached hydrogens (tertiary/aromatic N) is 3. The first kappa shape index (κ1) is 22.7. The molecule has 0 aliphatic carbocycles. The third kappa shape index (κ3) is 4.00. The van der Waals surface area contributed by atoms with Gasteiger partial charge in [0.25, 0.3) is 11.8 Å². The van der Waals surface area contributed by atoms with Crippen molar-refractivity contribution >= 4 is 73.5 Å². The van der Waals surface area contributed by atoms with Gasteiger partial charge >= 0.3 is 0 Å². The monoisotopic (exact) mass is 531 g/mol. The number of fused-ring (bicyclic) bond motifs is 3. The van der Waals surface area contributed by atoms with Gasteiger partial charge in [-0.05, 0) is 77.1 Å². The first-order valence-corrected chi connectivity index (χ1v) is 13.4. The maximum atomic E-state index is 12.9. The Kier molecular flexibility index (Phi) is 5.42. The molecule has 7 rings (SSSR count). The molecular formula is C30H17N3O3S2. The topological polar surface area (TPSA) is 75.8 Å². The molecule has 0 unspecified atom stereocenters. The molecule has 2 amide bonds. The predicted molar refractivity (Wildman–Crippen MR) is 151 cm³/mol. The molecule has 1 aliphatic rings. The summed E-state index contributed by atoms with van der Waals surface area (Å²) in [5.41, 5.74) is 3.04. The Morgan fingerprint density at radius 3 is 2.39 bits per heavy atom. The van der Waals surface area contributed by atoms with Crippen LogP contribution >= 0.6 is 23.1 Å². The molecule has 2 aromatic heterocycles. The molecular weight excluding hydrogens is 514 g/mol. The number of imide groups is 1. The molecule has 182 valence electrons. The SMILES string of the molecule is O=C1c2ccccc2C(=O)N1c1ccc2nc(Sc3ccc(C=Nc4ccc5ccccc5c4)o3)sc2c1. The second kappa shape index (κ2) is 9.09. The second-order valence-corrected chi connectivity index (χ2v) is 11.0. The van der Waals surface area contributed by atoms with Crippen LogP contribution in [0.3, 0.4) is 0 Å². The Bertz CT molecular complexity index is 1890. The van der Waals surface area contributed by atoms with E-state index in [0.29, 0.717) is 27.7 Å². The molecule has 0 bridgehead atoms. The van der Waals surface area contributed by atoms with Crippen molar-refractivity contribution in [1.82, 2.24) is 4.98 Å². The van der Waals surface area contributed by atoms with Gasteiger partial charge in [-0.1, -0.05) is 42.5 Å². The quantitative estimate of drug-likeness (QED) is 0.168. The van der Waals surface area contributed by atoms with Crippen LogP contribution < -0.4 is 4.90 Å². The number of aliphatic imine (C=N–C) groups is 1. The standard InChI is InChI=1S/C30H17N3O3S2/c34-28-23-7-3-4-8-24(23)29(35)33(28)21-11-13-25-26(16-21)37-30(32-25)38-27-14-12-22(36-27)17-31-20-10-9-18-5-1-2-6-19(18)15-20/h1-17H. The van der Waals surface area contributed by atoms with E-state index < -0.39 is 0 Å². The lowest BCUT2D eigenvalue weighted by molar-refractivity contribution is 0.0926. The Morgan fingerprint density at radius 1 is 0.816 bits per heavy atom. The number of anilines is 1. The van der Waals surface area contributed by atoms with Crippen LogP contribution in [-0.2, 0) is 0 Å². The zero-order valence-electron chi connectivity index (χ0n) is 19.7. The van der Waals surface area contributed by atoms with Crippen molar-refractivity contribution in [2.45, 2.75) is 9.43 Å². The van der Waals surface area contributed by atoms with E-state index in [1.54, 1.807) is 36.5 Å². The number of benzene rings is 4. The van der Waals surface area contributed by atoms with E-state index in [0.717, 1.165) is 25.6 Å². The minimum absolute atomic E-state index is 0.308. The van der Waals surface area contributed by atoms with E-state index >= 15 is 0 Å². The van der Waals surface area contributed by atoms with Crippen LogP contribution in [0.15, 0.2) is 116 Å². The summed E-state index contributed by atoms with van der Waals surface area (Å²) in [6, 6.07) is 30.3. The van der Waals surface area contributed by atoms with Crippen molar-refractivity contribution in [2.75, 3.05) is 4.90 Å². The van der Waals surface area contributed by atoms with E-state index in [-0.39, 0.29) is 11.8 Å². The Morgan fingerprint density at radius 2 is 1.58 bits per heavy atom. The molecule has 0 atom stereocenters. The number of furan rings is 1. The Balaban J connectivity index is 1.09. The number of thiazole rings is 1. The summed E-state index contributed by atoms with van der Waals surface area (Å²) in [4.78, 5) is 36.2. The molecule has 0 spiro atoms. The fraction of sp³-hybridized carbons (Fsp3) is 0. The highest BCUT2D eigenvalue weighted by atomic mass is 32.2. The zero-order chi connectivity index (χ0) is 25.6. The van der Waals surface area contributed by atoms with Gasteiger partial charge in [0.1, 0.15) is 5.76 Å². The molecule has 0 radical (unpaired) electrons. The first-order valence-electron chi connectivity index (χ1n) is 11.8. The number of rotatable bonds is 5. The summed E-state index contributed by atoms with van der Waals surface area (Å²) < 4.78 is 7.62. The fourth-order valence-corrected chi connectivity index (χ4v) is 6.44. The molecule has 0 N–H and O–H groups in total. The van der Waals surface area contributed by atoms with Crippen LogP contribution in [0.2, 0.25) is 0 Å². The lowest BCUT2D eigenvalue weighted by atomic mass is 10.1. The molecule has 0 saturated heterocycles. The van der Waals surface area contributed by atoms with Gasteiger partial charge in [0.05, 0.1) is 38.9 Å². The lowest BCUT2D eigenvalue weighted by Gasteiger charge is -2.13. The number of hydrogen-bond acceptors (Lipinski definition) is 7. The number of aromatic nitrogens is 1. The zero-order valence-corrected chi connectivity index (χ0v) is 21.3. The molecule has 1 aliphatic heterocycles. The molecule has 6 aromatic rings. The summed E-state index contributed by atoms with van der Waals surface area (Å²) in [5.74, 6) is 0.0322. The molecule has 38 heavy (non-hydrogen) atoms. The summed E-state index contributed by atoms with van der Waals surface area (Å²) >= 11 is 2.90. The van der Waals surface area contributed by atoms with Gasteiger partial charge in [0.2, 0.25) is 0 Å². The largest absolute Gasteiger partial charge is 0.448 e. The molecule has 0 saturated carbocycles. The van der Waals surface area contributed by atoms with Gasteiger partial charge < -0.3 is 4.42 Å². The third-order valence-corrected chi connectivity index (χ3v) is 8.27.